The largest absolute Gasteiger partial charge is 0.462 e. The molecule has 0 saturated heterocycles. The van der Waals surface area contributed by atoms with Gasteiger partial charge in [0, 0.05) is 0 Å². The van der Waals surface area contributed by atoms with Gasteiger partial charge in [-0.15, -0.1) is 0 Å². The van der Waals surface area contributed by atoms with E-state index in [9.17, 15) is 14.4 Å². The number of hydrogen-bond acceptors (Lipinski definition) is 5. The second kappa shape index (κ2) is 7.93. The lowest BCUT2D eigenvalue weighted by Crippen LogP contribution is -2.44. The second-order valence-corrected chi connectivity index (χ2v) is 8.55. The second-order valence-electron chi connectivity index (χ2n) is 8.55. The molecular weight excluding hydrogens is 296 g/mol. The number of carbonyl (C=O) groups excluding carboxylic acids is 3. The summed E-state index contributed by atoms with van der Waals surface area (Å²) in [5.74, 6) is -1.14. The Morgan fingerprint density at radius 2 is 1.30 bits per heavy atom. The molecule has 0 rings (SSSR count). The zero-order valence-corrected chi connectivity index (χ0v) is 15.9. The van der Waals surface area contributed by atoms with Gasteiger partial charge in [-0.1, -0.05) is 41.5 Å². The first-order chi connectivity index (χ1) is 10.2. The van der Waals surface area contributed by atoms with E-state index >= 15 is 0 Å². The minimum Gasteiger partial charge on any atom is -0.462 e. The smallest absolute Gasteiger partial charge is 0.313 e. The molecule has 0 saturated carbocycles. The summed E-state index contributed by atoms with van der Waals surface area (Å²) in [6.45, 7) is 15.5. The number of rotatable bonds is 7. The summed E-state index contributed by atoms with van der Waals surface area (Å²) in [7, 11) is 0. The van der Waals surface area contributed by atoms with E-state index in [1.54, 1.807) is 0 Å². The molecule has 0 fully saturated rings. The molecule has 0 aliphatic heterocycles. The topological polar surface area (TPSA) is 69.7 Å². The van der Waals surface area contributed by atoms with E-state index in [0.717, 1.165) is 0 Å². The molecule has 5 heteroatoms. The average Bonchev–Trinajstić information content (AvgIpc) is 2.29. The summed E-state index contributed by atoms with van der Waals surface area (Å²) in [4.78, 5) is 34.6. The molecule has 1 unspecified atom stereocenters. The van der Waals surface area contributed by atoms with Crippen LogP contribution in [0.2, 0.25) is 0 Å². The molecule has 0 radical (unpaired) electrons. The van der Waals surface area contributed by atoms with Crippen LogP contribution in [-0.4, -0.2) is 30.9 Å². The van der Waals surface area contributed by atoms with Crippen LogP contribution >= 0.6 is 0 Å². The predicted molar refractivity (Wildman–Crippen MR) is 88.9 cm³/mol. The van der Waals surface area contributed by atoms with Crippen molar-refractivity contribution in [3.05, 3.63) is 0 Å². The lowest BCUT2D eigenvalue weighted by atomic mass is 9.61. The van der Waals surface area contributed by atoms with Gasteiger partial charge in [0.1, 0.15) is 25.4 Å². The van der Waals surface area contributed by atoms with Crippen molar-refractivity contribution >= 4 is 17.7 Å². The summed E-state index contributed by atoms with van der Waals surface area (Å²) in [5.41, 5.74) is -0.924. The first-order valence-electron chi connectivity index (χ1n) is 8.01. The number of carbonyl (C=O) groups is 3. The SMILES string of the molecule is CC(=O)CC(=O)OCCOC(=O)C(C)(CC(C)(C)C)C(C)(C)C. The number of esters is 2. The number of ketones is 1. The van der Waals surface area contributed by atoms with Gasteiger partial charge in [0.15, 0.2) is 0 Å². The van der Waals surface area contributed by atoms with Crippen LogP contribution in [0.25, 0.3) is 0 Å². The Bertz CT molecular complexity index is 439. The van der Waals surface area contributed by atoms with Crippen molar-refractivity contribution in [3.8, 4) is 0 Å². The Morgan fingerprint density at radius 3 is 1.70 bits per heavy atom. The molecule has 0 amide bonds. The van der Waals surface area contributed by atoms with E-state index in [-0.39, 0.29) is 42.2 Å². The van der Waals surface area contributed by atoms with Crippen molar-refractivity contribution < 1.29 is 23.9 Å². The fourth-order valence-electron chi connectivity index (χ4n) is 2.41. The maximum Gasteiger partial charge on any atom is 0.313 e. The predicted octanol–water partition coefficient (Wildman–Crippen LogP) is 3.54. The average molecular weight is 328 g/mol. The van der Waals surface area contributed by atoms with Crippen LogP contribution in [0.15, 0.2) is 0 Å². The van der Waals surface area contributed by atoms with Crippen LogP contribution in [0.3, 0.4) is 0 Å². The quantitative estimate of drug-likeness (QED) is 0.406. The zero-order valence-electron chi connectivity index (χ0n) is 15.9. The highest BCUT2D eigenvalue weighted by Gasteiger charge is 2.47. The summed E-state index contributed by atoms with van der Waals surface area (Å²) < 4.78 is 10.2. The van der Waals surface area contributed by atoms with Crippen LogP contribution in [0.4, 0.5) is 0 Å². The van der Waals surface area contributed by atoms with E-state index in [1.165, 1.54) is 6.92 Å². The molecule has 0 aliphatic carbocycles. The Hall–Kier alpha value is -1.39. The first-order valence-corrected chi connectivity index (χ1v) is 8.01. The number of Topliss-reactive ketones (excluding diaryl/α,β-unsaturated/α-hetero) is 1. The number of hydrogen-bond donors (Lipinski definition) is 0. The first kappa shape index (κ1) is 21.6. The molecule has 134 valence electrons. The van der Waals surface area contributed by atoms with E-state index in [2.05, 4.69) is 20.8 Å². The molecule has 1 atom stereocenters. The van der Waals surface area contributed by atoms with E-state index in [0.29, 0.717) is 6.42 Å². The van der Waals surface area contributed by atoms with E-state index in [4.69, 9.17) is 9.47 Å². The highest BCUT2D eigenvalue weighted by Crippen LogP contribution is 2.47. The molecule has 0 aliphatic rings. The summed E-state index contributed by atoms with van der Waals surface area (Å²) in [6.07, 6.45) is 0.435. The standard InChI is InChI=1S/C18H32O5/c1-13(19)11-14(20)22-9-10-23-15(21)18(8,17(5,6)7)12-16(2,3)4/h9-12H2,1-8H3. The fraction of sp³-hybridized carbons (Fsp3) is 0.833. The van der Waals surface area contributed by atoms with Crippen LogP contribution in [0.1, 0.15) is 68.2 Å². The van der Waals surface area contributed by atoms with Crippen molar-refractivity contribution in [2.75, 3.05) is 13.2 Å². The van der Waals surface area contributed by atoms with Gasteiger partial charge in [-0.2, -0.15) is 0 Å². The van der Waals surface area contributed by atoms with Gasteiger partial charge in [-0.3, -0.25) is 14.4 Å². The highest BCUT2D eigenvalue weighted by atomic mass is 16.6. The summed E-state index contributed by atoms with van der Waals surface area (Å²) in [6, 6.07) is 0. The fourth-order valence-corrected chi connectivity index (χ4v) is 2.41. The summed E-state index contributed by atoms with van der Waals surface area (Å²) in [5, 5.41) is 0. The lowest BCUT2D eigenvalue weighted by Gasteiger charge is -2.43. The third-order valence-electron chi connectivity index (χ3n) is 3.96. The van der Waals surface area contributed by atoms with E-state index in [1.807, 2.05) is 27.7 Å². The number of ether oxygens (including phenoxy) is 2. The van der Waals surface area contributed by atoms with Gasteiger partial charge in [-0.25, -0.2) is 0 Å². The molecule has 0 aromatic carbocycles. The zero-order chi connectivity index (χ0) is 18.5. The molecule has 0 N–H and O–H groups in total. The minimum atomic E-state index is -0.644. The summed E-state index contributed by atoms with van der Waals surface area (Å²) >= 11 is 0. The molecule has 0 aromatic rings. The third kappa shape index (κ3) is 7.62. The van der Waals surface area contributed by atoms with Gasteiger partial charge in [0.25, 0.3) is 0 Å². The molecule has 0 heterocycles. The molecule has 23 heavy (non-hydrogen) atoms. The highest BCUT2D eigenvalue weighted by molar-refractivity contribution is 5.94. The van der Waals surface area contributed by atoms with E-state index < -0.39 is 11.4 Å². The van der Waals surface area contributed by atoms with Crippen molar-refractivity contribution in [3.63, 3.8) is 0 Å². The van der Waals surface area contributed by atoms with Crippen molar-refractivity contribution in [1.82, 2.24) is 0 Å². The Kier molecular flexibility index (Phi) is 7.45. The van der Waals surface area contributed by atoms with Crippen LogP contribution in [0.5, 0.6) is 0 Å². The van der Waals surface area contributed by atoms with Crippen LogP contribution < -0.4 is 0 Å². The van der Waals surface area contributed by atoms with Crippen molar-refractivity contribution in [2.24, 2.45) is 16.2 Å². The van der Waals surface area contributed by atoms with Gasteiger partial charge in [0.2, 0.25) is 0 Å². The van der Waals surface area contributed by atoms with Crippen LogP contribution in [-0.2, 0) is 23.9 Å². The van der Waals surface area contributed by atoms with Crippen LogP contribution in [0, 0.1) is 16.2 Å². The Labute approximate surface area is 140 Å². The molecule has 0 aromatic heterocycles. The van der Waals surface area contributed by atoms with Crippen molar-refractivity contribution in [1.29, 1.82) is 0 Å². The molecule has 5 nitrogen and oxygen atoms in total. The maximum atomic E-state index is 12.6. The monoisotopic (exact) mass is 328 g/mol. The van der Waals surface area contributed by atoms with Gasteiger partial charge < -0.3 is 9.47 Å². The van der Waals surface area contributed by atoms with Gasteiger partial charge in [-0.05, 0) is 31.1 Å². The Morgan fingerprint density at radius 1 is 0.826 bits per heavy atom. The third-order valence-corrected chi connectivity index (χ3v) is 3.96. The molecular formula is C18H32O5. The minimum absolute atomic E-state index is 0.00170. The van der Waals surface area contributed by atoms with Crippen molar-refractivity contribution in [2.45, 2.75) is 68.2 Å². The molecule has 0 spiro atoms. The van der Waals surface area contributed by atoms with Gasteiger partial charge >= 0.3 is 11.9 Å². The van der Waals surface area contributed by atoms with Gasteiger partial charge in [0.05, 0.1) is 5.41 Å². The normalized spacial score (nSPS) is 14.8. The lowest BCUT2D eigenvalue weighted by molar-refractivity contribution is -0.168. The maximum absolute atomic E-state index is 12.6. The Balaban J connectivity index is 4.64. The molecule has 0 bridgehead atoms.